The summed E-state index contributed by atoms with van der Waals surface area (Å²) in [5, 5.41) is 9.11. The van der Waals surface area contributed by atoms with E-state index in [1.807, 2.05) is 4.90 Å². The fraction of sp³-hybridized carbons (Fsp3) is 0.875. The third-order valence-electron chi connectivity index (χ3n) is 5.40. The summed E-state index contributed by atoms with van der Waals surface area (Å²) in [5.41, 5.74) is -0.269. The molecule has 2 fully saturated rings. The number of hydrogen-bond donors (Lipinski definition) is 1. The maximum atomic E-state index is 12.5. The number of carbonyl (C=O) groups excluding carboxylic acids is 1. The molecule has 1 N–H and O–H groups in total. The van der Waals surface area contributed by atoms with Gasteiger partial charge in [0.25, 0.3) is 0 Å². The third kappa shape index (κ3) is 3.53. The Morgan fingerprint density at radius 1 is 1.15 bits per heavy atom. The second-order valence-electron chi connectivity index (χ2n) is 7.04. The molecule has 2 aliphatic rings. The first-order valence-corrected chi connectivity index (χ1v) is 7.91. The summed E-state index contributed by atoms with van der Waals surface area (Å²) in [6.07, 6.45) is 5.56. The lowest BCUT2D eigenvalue weighted by Crippen LogP contribution is -2.44. The fourth-order valence-electron chi connectivity index (χ4n) is 3.78. The van der Waals surface area contributed by atoms with Crippen molar-refractivity contribution in [3.05, 3.63) is 0 Å². The molecule has 0 radical (unpaired) electrons. The number of hydrogen-bond acceptors (Lipinski definition) is 2. The number of aliphatic carboxylic acids is 1. The van der Waals surface area contributed by atoms with Crippen molar-refractivity contribution in [3.63, 3.8) is 0 Å². The van der Waals surface area contributed by atoms with Crippen molar-refractivity contribution in [2.45, 2.75) is 58.8 Å². The van der Waals surface area contributed by atoms with Gasteiger partial charge < -0.3 is 10.0 Å². The molecular formula is C16H27NO3. The molecule has 1 aliphatic carbocycles. The topological polar surface area (TPSA) is 57.6 Å². The van der Waals surface area contributed by atoms with E-state index in [0.29, 0.717) is 18.3 Å². The summed E-state index contributed by atoms with van der Waals surface area (Å²) >= 11 is 0. The Morgan fingerprint density at radius 3 is 2.35 bits per heavy atom. The second-order valence-corrected chi connectivity index (χ2v) is 7.04. The highest BCUT2D eigenvalue weighted by atomic mass is 16.4. The monoisotopic (exact) mass is 281 g/mol. The Morgan fingerprint density at radius 2 is 1.80 bits per heavy atom. The second kappa shape index (κ2) is 6.15. The van der Waals surface area contributed by atoms with Crippen molar-refractivity contribution < 1.29 is 14.7 Å². The molecule has 2 atom stereocenters. The van der Waals surface area contributed by atoms with Gasteiger partial charge in [-0.2, -0.15) is 0 Å². The van der Waals surface area contributed by atoms with Crippen LogP contribution in [0.1, 0.15) is 58.8 Å². The minimum Gasteiger partial charge on any atom is -0.481 e. The molecule has 1 saturated heterocycles. The average Bonchev–Trinajstić information content (AvgIpc) is 2.79. The van der Waals surface area contributed by atoms with Crippen LogP contribution in [-0.2, 0) is 9.59 Å². The van der Waals surface area contributed by atoms with Gasteiger partial charge in [0.1, 0.15) is 0 Å². The van der Waals surface area contributed by atoms with Gasteiger partial charge in [-0.15, -0.1) is 0 Å². The third-order valence-corrected chi connectivity index (χ3v) is 5.40. The average molecular weight is 281 g/mol. The van der Waals surface area contributed by atoms with Gasteiger partial charge >= 0.3 is 5.97 Å². The Kier molecular flexibility index (Phi) is 4.71. The first-order valence-electron chi connectivity index (χ1n) is 7.91. The van der Waals surface area contributed by atoms with E-state index in [-0.39, 0.29) is 17.7 Å². The van der Waals surface area contributed by atoms with Crippen molar-refractivity contribution in [1.29, 1.82) is 0 Å². The molecule has 0 aromatic heterocycles. The van der Waals surface area contributed by atoms with Gasteiger partial charge in [0.2, 0.25) is 5.91 Å². The molecule has 4 heteroatoms. The Hall–Kier alpha value is -1.06. The van der Waals surface area contributed by atoms with Gasteiger partial charge in [-0.1, -0.05) is 26.7 Å². The number of piperidine rings is 1. The lowest BCUT2D eigenvalue weighted by molar-refractivity contribution is -0.142. The minimum absolute atomic E-state index is 0.151. The van der Waals surface area contributed by atoms with Crippen LogP contribution in [0.3, 0.4) is 0 Å². The highest BCUT2D eigenvalue weighted by molar-refractivity contribution is 5.78. The van der Waals surface area contributed by atoms with Crippen molar-refractivity contribution in [2.75, 3.05) is 13.1 Å². The molecule has 0 spiro atoms. The van der Waals surface area contributed by atoms with E-state index in [0.717, 1.165) is 45.2 Å². The number of amides is 1. The molecule has 20 heavy (non-hydrogen) atoms. The summed E-state index contributed by atoms with van der Waals surface area (Å²) in [6, 6.07) is 0. The molecule has 1 amide bonds. The molecule has 2 rings (SSSR count). The molecular weight excluding hydrogens is 254 g/mol. The predicted molar refractivity (Wildman–Crippen MR) is 77.3 cm³/mol. The smallest absolute Gasteiger partial charge is 0.303 e. The lowest BCUT2D eigenvalue weighted by atomic mass is 9.78. The van der Waals surface area contributed by atoms with Crippen LogP contribution in [0, 0.1) is 17.3 Å². The maximum absolute atomic E-state index is 12.5. The van der Waals surface area contributed by atoms with E-state index in [1.165, 1.54) is 0 Å². The molecule has 114 valence electrons. The molecule has 1 saturated carbocycles. The number of carbonyl (C=O) groups is 2. The lowest BCUT2D eigenvalue weighted by Gasteiger charge is -2.37. The van der Waals surface area contributed by atoms with E-state index in [1.54, 1.807) is 0 Å². The van der Waals surface area contributed by atoms with Crippen LogP contribution in [-0.4, -0.2) is 35.0 Å². The van der Waals surface area contributed by atoms with Gasteiger partial charge in [0, 0.05) is 19.5 Å². The van der Waals surface area contributed by atoms with Gasteiger partial charge in [0.15, 0.2) is 0 Å². The quantitative estimate of drug-likeness (QED) is 0.862. The summed E-state index contributed by atoms with van der Waals surface area (Å²) in [6.45, 7) is 6.12. The minimum atomic E-state index is -0.764. The van der Waals surface area contributed by atoms with Crippen LogP contribution >= 0.6 is 0 Å². The van der Waals surface area contributed by atoms with E-state index in [9.17, 15) is 9.59 Å². The molecule has 2 unspecified atom stereocenters. The van der Waals surface area contributed by atoms with Gasteiger partial charge in [0.05, 0.1) is 6.42 Å². The van der Waals surface area contributed by atoms with E-state index in [2.05, 4.69) is 13.8 Å². The Labute approximate surface area is 121 Å². The van der Waals surface area contributed by atoms with Crippen molar-refractivity contribution in [1.82, 2.24) is 4.90 Å². The van der Waals surface area contributed by atoms with Crippen LogP contribution in [0.2, 0.25) is 0 Å². The van der Waals surface area contributed by atoms with Crippen LogP contribution < -0.4 is 0 Å². The largest absolute Gasteiger partial charge is 0.481 e. The zero-order valence-electron chi connectivity index (χ0n) is 12.7. The van der Waals surface area contributed by atoms with Gasteiger partial charge in [-0.3, -0.25) is 9.59 Å². The van der Waals surface area contributed by atoms with Gasteiger partial charge in [-0.05, 0) is 36.5 Å². The van der Waals surface area contributed by atoms with Crippen molar-refractivity contribution in [2.24, 2.45) is 17.3 Å². The molecule has 1 aliphatic heterocycles. The van der Waals surface area contributed by atoms with E-state index >= 15 is 0 Å². The summed E-state index contributed by atoms with van der Waals surface area (Å²) in [5.74, 6) is 0.637. The van der Waals surface area contributed by atoms with Crippen LogP contribution in [0.5, 0.6) is 0 Å². The zero-order chi connectivity index (χ0) is 14.8. The molecule has 4 nitrogen and oxygen atoms in total. The van der Waals surface area contributed by atoms with Crippen LogP contribution in [0.25, 0.3) is 0 Å². The standard InChI is InChI=1S/C16H27NO3/c1-12-5-8-17(11-13(12)2)14(18)9-16(10-15(19)20)6-3-4-7-16/h12-13H,3-11H2,1-2H3,(H,19,20). The molecule has 0 bridgehead atoms. The Bertz CT molecular complexity index is 374. The first kappa shape index (κ1) is 15.3. The van der Waals surface area contributed by atoms with Crippen molar-refractivity contribution >= 4 is 11.9 Å². The molecule has 0 aromatic carbocycles. The number of carboxylic acids is 1. The van der Waals surface area contributed by atoms with Crippen LogP contribution in [0.15, 0.2) is 0 Å². The maximum Gasteiger partial charge on any atom is 0.303 e. The summed E-state index contributed by atoms with van der Waals surface area (Å²) in [4.78, 5) is 25.6. The SMILES string of the molecule is CC1CCN(C(=O)CC2(CC(=O)O)CCCC2)CC1C. The first-order chi connectivity index (χ1) is 9.42. The fourth-order valence-corrected chi connectivity index (χ4v) is 3.78. The summed E-state index contributed by atoms with van der Waals surface area (Å²) < 4.78 is 0. The predicted octanol–water partition coefficient (Wildman–Crippen LogP) is 2.92. The Balaban J connectivity index is 1.96. The normalized spacial score (nSPS) is 29.4. The van der Waals surface area contributed by atoms with Crippen molar-refractivity contribution in [3.8, 4) is 0 Å². The molecule has 1 heterocycles. The molecule has 0 aromatic rings. The number of likely N-dealkylation sites (tertiary alicyclic amines) is 1. The highest BCUT2D eigenvalue weighted by Crippen LogP contribution is 2.44. The van der Waals surface area contributed by atoms with E-state index < -0.39 is 5.97 Å². The number of carboxylic acid groups (broad SMARTS) is 1. The highest BCUT2D eigenvalue weighted by Gasteiger charge is 2.39. The summed E-state index contributed by atoms with van der Waals surface area (Å²) in [7, 11) is 0. The van der Waals surface area contributed by atoms with Crippen LogP contribution in [0.4, 0.5) is 0 Å². The number of rotatable bonds is 4. The number of nitrogens with zero attached hydrogens (tertiary/aromatic N) is 1. The van der Waals surface area contributed by atoms with E-state index in [4.69, 9.17) is 5.11 Å². The zero-order valence-corrected chi connectivity index (χ0v) is 12.7. The van der Waals surface area contributed by atoms with Gasteiger partial charge in [-0.25, -0.2) is 0 Å².